The molecule has 0 radical (unpaired) electrons. The number of carbonyl (C=O) groups excluding carboxylic acids is 1. The van der Waals surface area contributed by atoms with Crippen molar-refractivity contribution in [3.05, 3.63) is 86.0 Å². The molecule has 176 valence electrons. The molecule has 0 aliphatic carbocycles. The number of aromatic nitrogens is 3. The van der Waals surface area contributed by atoms with Crippen LogP contribution in [0.15, 0.2) is 86.0 Å². The molecule has 0 saturated carbocycles. The van der Waals surface area contributed by atoms with Gasteiger partial charge in [0.1, 0.15) is 29.9 Å². The number of hydrogen-bond acceptors (Lipinski definition) is 9. The van der Waals surface area contributed by atoms with Crippen LogP contribution in [-0.4, -0.2) is 49.1 Å². The van der Waals surface area contributed by atoms with Gasteiger partial charge in [-0.1, -0.05) is 43.0 Å². The summed E-state index contributed by atoms with van der Waals surface area (Å²) in [5, 5.41) is 31.2. The normalized spacial score (nSPS) is 11.5. The number of phenolic OH excluding ortho intramolecular Hbond substituents is 2. The maximum Gasteiger partial charge on any atom is 0.332 e. The van der Waals surface area contributed by atoms with Crippen molar-refractivity contribution >= 4 is 5.97 Å². The molecule has 0 amide bonds. The summed E-state index contributed by atoms with van der Waals surface area (Å²) in [6.45, 7) is 2.88. The summed E-state index contributed by atoms with van der Waals surface area (Å²) in [6.07, 6.45) is 1.99. The van der Waals surface area contributed by atoms with Gasteiger partial charge in [-0.25, -0.2) is 19.7 Å². The molecule has 0 bridgehead atoms. The van der Waals surface area contributed by atoms with Crippen LogP contribution < -0.4 is 4.74 Å². The largest absolute Gasteiger partial charge is 0.507 e. The Morgan fingerprint density at radius 1 is 0.943 bits per heavy atom. The lowest BCUT2D eigenvalue weighted by atomic mass is 9.92. The third-order valence-corrected chi connectivity index (χ3v) is 5.03. The summed E-state index contributed by atoms with van der Waals surface area (Å²) in [6, 6.07) is 16.9. The Balaban J connectivity index is 1.92. The molecule has 0 aliphatic rings. The number of aromatic hydroxyl groups is 2. The molecular weight excluding hydrogens is 450 g/mol. The van der Waals surface area contributed by atoms with Crippen LogP contribution in [0.25, 0.3) is 33.6 Å². The summed E-state index contributed by atoms with van der Waals surface area (Å²) in [5.41, 5.74) is 2.43. The van der Waals surface area contributed by atoms with Crippen molar-refractivity contribution in [2.75, 3.05) is 6.61 Å². The zero-order valence-corrected chi connectivity index (χ0v) is 18.4. The first-order valence-corrected chi connectivity index (χ1v) is 10.5. The number of aliphatic hydroxyl groups excluding tert-OH is 1. The van der Waals surface area contributed by atoms with Gasteiger partial charge in [0.15, 0.2) is 12.4 Å². The molecule has 3 aromatic carbocycles. The highest BCUT2D eigenvalue weighted by molar-refractivity contribution is 5.91. The lowest BCUT2D eigenvalue weighted by Gasteiger charge is -2.19. The van der Waals surface area contributed by atoms with Gasteiger partial charge in [0, 0.05) is 22.8 Å². The summed E-state index contributed by atoms with van der Waals surface area (Å²) in [4.78, 5) is 23.8. The minimum Gasteiger partial charge on any atom is -0.507 e. The zero-order chi connectivity index (χ0) is 24.8. The maximum absolute atomic E-state index is 11.4. The number of nitrogens with zero attached hydrogens (tertiary/aromatic N) is 3. The van der Waals surface area contributed by atoms with E-state index in [2.05, 4.69) is 21.5 Å². The Kier molecular flexibility index (Phi) is 6.99. The predicted octanol–water partition coefficient (Wildman–Crippen LogP) is 3.71. The average molecular weight is 471 g/mol. The molecule has 0 fully saturated rings. The highest BCUT2D eigenvalue weighted by Crippen LogP contribution is 2.45. The summed E-state index contributed by atoms with van der Waals surface area (Å²) in [5.74, 6) is -0.312. The summed E-state index contributed by atoms with van der Waals surface area (Å²) >= 11 is 0. The van der Waals surface area contributed by atoms with E-state index in [-0.39, 0.29) is 23.1 Å². The molecule has 4 rings (SSSR count). The third-order valence-electron chi connectivity index (χ3n) is 5.03. The molecule has 9 nitrogen and oxygen atoms in total. The molecule has 0 aliphatic heterocycles. The lowest BCUT2D eigenvalue weighted by Crippen LogP contribution is -2.23. The second-order valence-electron chi connectivity index (χ2n) is 7.30. The van der Waals surface area contributed by atoms with Crippen molar-refractivity contribution in [3.63, 3.8) is 0 Å². The van der Waals surface area contributed by atoms with Crippen LogP contribution >= 0.6 is 0 Å². The van der Waals surface area contributed by atoms with Crippen LogP contribution in [0, 0.1) is 0 Å². The van der Waals surface area contributed by atoms with Gasteiger partial charge in [0.05, 0.1) is 5.56 Å². The van der Waals surface area contributed by atoms with Crippen LogP contribution in [0.3, 0.4) is 0 Å². The topological polar surface area (TPSA) is 135 Å². The molecule has 35 heavy (non-hydrogen) atoms. The van der Waals surface area contributed by atoms with Crippen LogP contribution in [0.4, 0.5) is 0 Å². The Bertz CT molecular complexity index is 1360. The Labute approximate surface area is 200 Å². The number of aliphatic hydroxyl groups is 1. The van der Waals surface area contributed by atoms with Gasteiger partial charge in [-0.15, -0.1) is 0 Å². The van der Waals surface area contributed by atoms with Crippen LogP contribution in [-0.2, 0) is 9.53 Å². The van der Waals surface area contributed by atoms with E-state index in [0.717, 1.165) is 6.08 Å². The zero-order valence-electron chi connectivity index (χ0n) is 18.4. The van der Waals surface area contributed by atoms with E-state index in [1.807, 2.05) is 0 Å². The number of hydrogen-bond donors (Lipinski definition) is 3. The Morgan fingerprint density at radius 3 is 2.20 bits per heavy atom. The molecule has 0 spiro atoms. The fraction of sp³-hybridized carbons (Fsp3) is 0.0769. The van der Waals surface area contributed by atoms with Gasteiger partial charge < -0.3 is 24.8 Å². The van der Waals surface area contributed by atoms with Crippen molar-refractivity contribution < 1.29 is 29.6 Å². The number of para-hydroxylation sites is 2. The smallest absolute Gasteiger partial charge is 0.332 e. The molecule has 9 heteroatoms. The third kappa shape index (κ3) is 5.26. The number of benzene rings is 3. The Morgan fingerprint density at radius 2 is 1.57 bits per heavy atom. The van der Waals surface area contributed by atoms with E-state index in [0.29, 0.717) is 27.8 Å². The molecule has 3 N–H and O–H groups in total. The van der Waals surface area contributed by atoms with Crippen molar-refractivity contribution in [1.82, 2.24) is 15.0 Å². The van der Waals surface area contributed by atoms with E-state index < -0.39 is 18.9 Å². The van der Waals surface area contributed by atoms with Crippen LogP contribution in [0.5, 0.6) is 17.2 Å². The second kappa shape index (κ2) is 10.4. The Hall–Kier alpha value is -4.76. The quantitative estimate of drug-likeness (QED) is 0.200. The van der Waals surface area contributed by atoms with Gasteiger partial charge in [-0.3, -0.25) is 0 Å². The van der Waals surface area contributed by atoms with Gasteiger partial charge in [0.2, 0.25) is 6.29 Å². The SMILES string of the molecule is C=CC(=O)OC(O)COc1cc(-c2ccccc2O)cc(-c2ccccc2O)c1-c1ncncn1. The first-order valence-electron chi connectivity index (χ1n) is 10.5. The van der Waals surface area contributed by atoms with Gasteiger partial charge in [-0.05, 0) is 29.8 Å². The number of esters is 1. The average Bonchev–Trinajstić information content (AvgIpc) is 2.88. The number of ether oxygens (including phenoxy) is 2. The highest BCUT2D eigenvalue weighted by Gasteiger charge is 2.22. The molecule has 4 aromatic rings. The number of phenols is 2. The van der Waals surface area contributed by atoms with Crippen molar-refractivity contribution in [2.24, 2.45) is 0 Å². The van der Waals surface area contributed by atoms with Crippen molar-refractivity contribution in [2.45, 2.75) is 6.29 Å². The van der Waals surface area contributed by atoms with Crippen molar-refractivity contribution in [3.8, 4) is 50.9 Å². The molecule has 1 aromatic heterocycles. The van der Waals surface area contributed by atoms with Crippen LogP contribution in [0.1, 0.15) is 0 Å². The fourth-order valence-corrected chi connectivity index (χ4v) is 3.49. The summed E-state index contributed by atoms with van der Waals surface area (Å²) in [7, 11) is 0. The minimum atomic E-state index is -1.57. The van der Waals surface area contributed by atoms with E-state index in [1.54, 1.807) is 54.6 Å². The number of carbonyl (C=O) groups is 1. The van der Waals surface area contributed by atoms with E-state index in [9.17, 15) is 20.1 Å². The fourth-order valence-electron chi connectivity index (χ4n) is 3.49. The molecular formula is C26H21N3O6. The van der Waals surface area contributed by atoms with Gasteiger partial charge in [0.25, 0.3) is 0 Å². The molecule has 1 unspecified atom stereocenters. The van der Waals surface area contributed by atoms with Gasteiger partial charge >= 0.3 is 5.97 Å². The van der Waals surface area contributed by atoms with Crippen LogP contribution in [0.2, 0.25) is 0 Å². The number of rotatable bonds is 8. The molecule has 1 heterocycles. The molecule has 1 atom stereocenters. The maximum atomic E-state index is 11.4. The monoisotopic (exact) mass is 471 g/mol. The minimum absolute atomic E-state index is 0.00291. The van der Waals surface area contributed by atoms with E-state index in [4.69, 9.17) is 9.47 Å². The lowest BCUT2D eigenvalue weighted by molar-refractivity contribution is -0.166. The summed E-state index contributed by atoms with van der Waals surface area (Å²) < 4.78 is 10.7. The first kappa shape index (κ1) is 23.4. The first-order chi connectivity index (χ1) is 17.0. The standard InChI is InChI=1S/C26H21N3O6/c1-2-23(32)35-24(33)13-34-22-12-16(17-7-3-5-9-20(17)30)11-19(18-8-4-6-10-21(18)31)25(22)26-28-14-27-15-29-26/h2-12,14-15,24,30-31,33H,1,13H2. The second-order valence-corrected chi connectivity index (χ2v) is 7.30. The van der Waals surface area contributed by atoms with Crippen molar-refractivity contribution in [1.29, 1.82) is 0 Å². The molecule has 0 saturated heterocycles. The highest BCUT2D eigenvalue weighted by atomic mass is 16.7. The van der Waals surface area contributed by atoms with Gasteiger partial charge in [-0.2, -0.15) is 0 Å². The predicted molar refractivity (Wildman–Crippen MR) is 127 cm³/mol. The van der Waals surface area contributed by atoms with E-state index >= 15 is 0 Å². The van der Waals surface area contributed by atoms with E-state index in [1.165, 1.54) is 18.7 Å².